The van der Waals surface area contributed by atoms with Crippen molar-refractivity contribution in [2.24, 2.45) is 11.7 Å². The lowest BCUT2D eigenvalue weighted by atomic mass is 9.96. The van der Waals surface area contributed by atoms with Crippen LogP contribution in [-0.2, 0) is 12.8 Å². The van der Waals surface area contributed by atoms with Crippen LogP contribution in [0.3, 0.4) is 0 Å². The third-order valence-corrected chi connectivity index (χ3v) is 4.08. The normalized spacial score (nSPS) is 12.6. The van der Waals surface area contributed by atoms with Crippen LogP contribution in [0.2, 0.25) is 5.02 Å². The minimum Gasteiger partial charge on any atom is -0.330 e. The lowest BCUT2D eigenvalue weighted by Crippen LogP contribution is -2.19. The van der Waals surface area contributed by atoms with Gasteiger partial charge >= 0.3 is 0 Å². The van der Waals surface area contributed by atoms with Gasteiger partial charge in [0.15, 0.2) is 0 Å². The maximum absolute atomic E-state index is 6.00. The molecule has 0 saturated carbocycles. The topological polar surface area (TPSA) is 38.9 Å². The number of aromatic nitrogens is 1. The number of hydrogen-bond acceptors (Lipinski definition) is 3. The van der Waals surface area contributed by atoms with Crippen LogP contribution in [0.5, 0.6) is 0 Å². The van der Waals surface area contributed by atoms with Gasteiger partial charge in [-0.05, 0) is 49.9 Å². The molecule has 2 rings (SSSR count). The van der Waals surface area contributed by atoms with E-state index in [0.29, 0.717) is 12.5 Å². The molecule has 0 aliphatic heterocycles. The van der Waals surface area contributed by atoms with E-state index in [4.69, 9.17) is 17.3 Å². The maximum atomic E-state index is 6.00. The zero-order valence-corrected chi connectivity index (χ0v) is 12.0. The number of benzene rings is 1. The molecular formula is C14H17ClN2S. The Balaban J connectivity index is 2.01. The summed E-state index contributed by atoms with van der Waals surface area (Å²) in [7, 11) is 0. The molecule has 1 atom stereocenters. The number of hydrogen-bond donors (Lipinski definition) is 1. The van der Waals surface area contributed by atoms with Gasteiger partial charge in [-0.1, -0.05) is 23.7 Å². The van der Waals surface area contributed by atoms with Crippen molar-refractivity contribution < 1.29 is 0 Å². The molecule has 1 unspecified atom stereocenters. The van der Waals surface area contributed by atoms with Crippen LogP contribution < -0.4 is 5.73 Å². The Kier molecular flexibility index (Phi) is 4.75. The quantitative estimate of drug-likeness (QED) is 0.911. The molecule has 4 heteroatoms. The summed E-state index contributed by atoms with van der Waals surface area (Å²) in [5, 5.41) is 1.90. The molecule has 1 aromatic heterocycles. The predicted octanol–water partition coefficient (Wildman–Crippen LogP) is 3.47. The SMILES string of the molecule is Cc1ncc(CC(CN)Cc2cccc(Cl)c2)s1. The lowest BCUT2D eigenvalue weighted by molar-refractivity contribution is 0.537. The monoisotopic (exact) mass is 280 g/mol. The summed E-state index contributed by atoms with van der Waals surface area (Å²) in [6.07, 6.45) is 3.92. The number of halogens is 1. The van der Waals surface area contributed by atoms with Crippen LogP contribution in [0.15, 0.2) is 30.5 Å². The second-order valence-electron chi connectivity index (χ2n) is 4.49. The molecule has 2 aromatic rings. The highest BCUT2D eigenvalue weighted by atomic mass is 35.5. The van der Waals surface area contributed by atoms with Crippen molar-refractivity contribution in [2.75, 3.05) is 6.54 Å². The van der Waals surface area contributed by atoms with Crippen LogP contribution >= 0.6 is 22.9 Å². The highest BCUT2D eigenvalue weighted by Crippen LogP contribution is 2.20. The van der Waals surface area contributed by atoms with Gasteiger partial charge in [0, 0.05) is 16.1 Å². The van der Waals surface area contributed by atoms with E-state index in [9.17, 15) is 0 Å². The van der Waals surface area contributed by atoms with E-state index in [1.165, 1.54) is 10.4 Å². The molecule has 1 aromatic carbocycles. The summed E-state index contributed by atoms with van der Waals surface area (Å²) in [4.78, 5) is 5.59. The summed E-state index contributed by atoms with van der Waals surface area (Å²) >= 11 is 7.75. The minimum atomic E-state index is 0.448. The lowest BCUT2D eigenvalue weighted by Gasteiger charge is -2.13. The van der Waals surface area contributed by atoms with E-state index in [1.54, 1.807) is 11.3 Å². The Bertz CT molecular complexity index is 510. The minimum absolute atomic E-state index is 0.448. The van der Waals surface area contributed by atoms with Crippen molar-refractivity contribution >= 4 is 22.9 Å². The summed E-state index contributed by atoms with van der Waals surface area (Å²) in [5.74, 6) is 0.448. The van der Waals surface area contributed by atoms with Crippen molar-refractivity contribution in [2.45, 2.75) is 19.8 Å². The van der Waals surface area contributed by atoms with E-state index in [2.05, 4.69) is 11.1 Å². The van der Waals surface area contributed by atoms with Gasteiger partial charge in [0.2, 0.25) is 0 Å². The van der Waals surface area contributed by atoms with Crippen LogP contribution in [-0.4, -0.2) is 11.5 Å². The highest BCUT2D eigenvalue weighted by molar-refractivity contribution is 7.11. The van der Waals surface area contributed by atoms with Gasteiger partial charge in [-0.3, -0.25) is 0 Å². The number of rotatable bonds is 5. The molecule has 0 fully saturated rings. The second-order valence-corrected chi connectivity index (χ2v) is 6.24. The largest absolute Gasteiger partial charge is 0.330 e. The van der Waals surface area contributed by atoms with Crippen LogP contribution in [0, 0.1) is 12.8 Å². The third kappa shape index (κ3) is 3.80. The fourth-order valence-corrected chi connectivity index (χ4v) is 3.14. The average molecular weight is 281 g/mol. The van der Waals surface area contributed by atoms with E-state index in [-0.39, 0.29) is 0 Å². The fraction of sp³-hybridized carbons (Fsp3) is 0.357. The average Bonchev–Trinajstić information content (AvgIpc) is 2.74. The molecule has 0 amide bonds. The van der Waals surface area contributed by atoms with Crippen molar-refractivity contribution in [3.63, 3.8) is 0 Å². The Morgan fingerprint density at radius 3 is 2.83 bits per heavy atom. The number of thiazole rings is 1. The molecule has 0 aliphatic carbocycles. The number of aryl methyl sites for hydroxylation is 1. The first-order chi connectivity index (χ1) is 8.67. The summed E-state index contributed by atoms with van der Waals surface area (Å²) in [6, 6.07) is 8.01. The highest BCUT2D eigenvalue weighted by Gasteiger charge is 2.11. The van der Waals surface area contributed by atoms with Gasteiger partial charge in [-0.15, -0.1) is 11.3 Å². The predicted molar refractivity (Wildman–Crippen MR) is 78.3 cm³/mol. The number of nitrogens with zero attached hydrogens (tertiary/aromatic N) is 1. The zero-order chi connectivity index (χ0) is 13.0. The second kappa shape index (κ2) is 6.32. The standard InChI is InChI=1S/C14H17ClN2S/c1-10-17-9-14(18-10)7-12(8-16)5-11-3-2-4-13(15)6-11/h2-4,6,9,12H,5,7-8,16H2,1H3. The Hall–Kier alpha value is -0.900. The van der Waals surface area contributed by atoms with E-state index in [1.807, 2.05) is 31.3 Å². The van der Waals surface area contributed by atoms with Gasteiger partial charge in [0.1, 0.15) is 0 Å². The Labute approximate surface area is 117 Å². The molecule has 0 radical (unpaired) electrons. The molecule has 2 N–H and O–H groups in total. The summed E-state index contributed by atoms with van der Waals surface area (Å²) in [6.45, 7) is 2.71. The van der Waals surface area contributed by atoms with Gasteiger partial charge in [0.25, 0.3) is 0 Å². The first-order valence-electron chi connectivity index (χ1n) is 6.03. The van der Waals surface area contributed by atoms with E-state index in [0.717, 1.165) is 22.9 Å². The smallest absolute Gasteiger partial charge is 0.0896 e. The van der Waals surface area contributed by atoms with Crippen molar-refractivity contribution in [3.05, 3.63) is 50.9 Å². The van der Waals surface area contributed by atoms with Gasteiger partial charge in [0.05, 0.1) is 5.01 Å². The zero-order valence-electron chi connectivity index (χ0n) is 10.4. The van der Waals surface area contributed by atoms with Crippen LogP contribution in [0.4, 0.5) is 0 Å². The van der Waals surface area contributed by atoms with Crippen molar-refractivity contribution in [1.29, 1.82) is 0 Å². The third-order valence-electron chi connectivity index (χ3n) is 2.91. The van der Waals surface area contributed by atoms with E-state index >= 15 is 0 Å². The molecule has 0 bridgehead atoms. The first kappa shape index (κ1) is 13.5. The van der Waals surface area contributed by atoms with Gasteiger partial charge in [-0.2, -0.15) is 0 Å². The summed E-state index contributed by atoms with van der Waals surface area (Å²) in [5.41, 5.74) is 7.11. The first-order valence-corrected chi connectivity index (χ1v) is 7.22. The van der Waals surface area contributed by atoms with Gasteiger partial charge < -0.3 is 5.73 Å². The molecule has 18 heavy (non-hydrogen) atoms. The van der Waals surface area contributed by atoms with Crippen LogP contribution in [0.1, 0.15) is 15.4 Å². The molecule has 0 aliphatic rings. The van der Waals surface area contributed by atoms with Crippen LogP contribution in [0.25, 0.3) is 0 Å². The van der Waals surface area contributed by atoms with E-state index < -0.39 is 0 Å². The molecule has 0 spiro atoms. The Morgan fingerprint density at radius 2 is 2.22 bits per heavy atom. The fourth-order valence-electron chi connectivity index (χ4n) is 2.02. The van der Waals surface area contributed by atoms with Crippen molar-refractivity contribution in [1.82, 2.24) is 4.98 Å². The molecule has 0 saturated heterocycles. The molecule has 96 valence electrons. The molecular weight excluding hydrogens is 264 g/mol. The number of nitrogens with two attached hydrogens (primary N) is 1. The molecule has 1 heterocycles. The van der Waals surface area contributed by atoms with Crippen molar-refractivity contribution in [3.8, 4) is 0 Å². The maximum Gasteiger partial charge on any atom is 0.0896 e. The Morgan fingerprint density at radius 1 is 1.39 bits per heavy atom. The molecule has 2 nitrogen and oxygen atoms in total. The van der Waals surface area contributed by atoms with Gasteiger partial charge in [-0.25, -0.2) is 4.98 Å². The summed E-state index contributed by atoms with van der Waals surface area (Å²) < 4.78 is 0.